The number of phenols is 1. The maximum Gasteiger partial charge on any atom is 0.271 e. The van der Waals surface area contributed by atoms with Crippen LogP contribution in [-0.4, -0.2) is 29.7 Å². The first-order valence-electron chi connectivity index (χ1n) is 12.0. The molecule has 7 nitrogen and oxygen atoms in total. The van der Waals surface area contributed by atoms with E-state index in [0.29, 0.717) is 33.6 Å². The number of nitrogens with one attached hydrogen (secondary N) is 2. The number of rotatable bonds is 9. The Morgan fingerprint density at radius 3 is 2.13 bits per heavy atom. The van der Waals surface area contributed by atoms with Gasteiger partial charge < -0.3 is 15.2 Å². The third kappa shape index (κ3) is 6.66. The molecule has 0 saturated heterocycles. The van der Waals surface area contributed by atoms with E-state index in [1.807, 2.05) is 67.6 Å². The first-order valence-corrected chi connectivity index (χ1v) is 12.7. The van der Waals surface area contributed by atoms with E-state index in [1.54, 1.807) is 36.4 Å². The molecule has 192 valence electrons. The van der Waals surface area contributed by atoms with Crippen molar-refractivity contribution in [1.82, 2.24) is 5.43 Å². The summed E-state index contributed by atoms with van der Waals surface area (Å²) < 4.78 is 5.85. The quantitative estimate of drug-likeness (QED) is 0.167. The summed E-state index contributed by atoms with van der Waals surface area (Å²) in [6.45, 7) is 2.21. The summed E-state index contributed by atoms with van der Waals surface area (Å²) >= 11 is 3.27. The van der Waals surface area contributed by atoms with Crippen molar-refractivity contribution >= 4 is 39.6 Å². The lowest BCUT2D eigenvalue weighted by molar-refractivity contribution is -0.116. The van der Waals surface area contributed by atoms with Gasteiger partial charge in [-0.2, -0.15) is 5.10 Å². The number of hydrogen-bond donors (Lipinski definition) is 3. The minimum atomic E-state index is -0.474. The fraction of sp³-hybridized carbons (Fsp3) is 0.100. The van der Waals surface area contributed by atoms with Crippen molar-refractivity contribution in [3.05, 3.63) is 124 Å². The lowest BCUT2D eigenvalue weighted by atomic mass is 9.90. The molecule has 0 spiro atoms. The van der Waals surface area contributed by atoms with Crippen molar-refractivity contribution < 1.29 is 19.4 Å². The van der Waals surface area contributed by atoms with E-state index >= 15 is 0 Å². The van der Waals surface area contributed by atoms with Crippen LogP contribution in [0.5, 0.6) is 11.5 Å². The highest BCUT2D eigenvalue weighted by molar-refractivity contribution is 9.10. The molecule has 0 aliphatic rings. The maximum atomic E-state index is 13.3. The summed E-state index contributed by atoms with van der Waals surface area (Å²) in [4.78, 5) is 25.8. The van der Waals surface area contributed by atoms with Gasteiger partial charge in [-0.25, -0.2) is 5.43 Å². The second-order valence-electron chi connectivity index (χ2n) is 8.30. The zero-order valence-electron chi connectivity index (χ0n) is 20.6. The van der Waals surface area contributed by atoms with E-state index in [4.69, 9.17) is 4.74 Å². The van der Waals surface area contributed by atoms with Gasteiger partial charge in [-0.3, -0.25) is 9.59 Å². The third-order valence-corrected chi connectivity index (χ3v) is 6.28. The first-order chi connectivity index (χ1) is 18.5. The Bertz CT molecular complexity index is 1390. The monoisotopic (exact) mass is 571 g/mol. The molecule has 4 rings (SSSR count). The van der Waals surface area contributed by atoms with Gasteiger partial charge >= 0.3 is 0 Å². The van der Waals surface area contributed by atoms with Crippen molar-refractivity contribution in [2.24, 2.45) is 5.10 Å². The second-order valence-corrected chi connectivity index (χ2v) is 9.16. The summed E-state index contributed by atoms with van der Waals surface area (Å²) in [5.41, 5.74) is 5.84. The Balaban J connectivity index is 1.41. The van der Waals surface area contributed by atoms with Crippen LogP contribution in [0.15, 0.2) is 107 Å². The molecule has 4 aromatic rings. The Labute approximate surface area is 229 Å². The van der Waals surface area contributed by atoms with Crippen LogP contribution in [0.2, 0.25) is 0 Å². The smallest absolute Gasteiger partial charge is 0.271 e. The number of carbonyl (C=O) groups excluding carboxylic acids is 2. The van der Waals surface area contributed by atoms with Crippen LogP contribution in [-0.2, 0) is 4.79 Å². The van der Waals surface area contributed by atoms with E-state index in [1.165, 1.54) is 6.21 Å². The number of benzene rings is 4. The van der Waals surface area contributed by atoms with Gasteiger partial charge in [0.25, 0.3) is 5.91 Å². The summed E-state index contributed by atoms with van der Waals surface area (Å²) in [6, 6.07) is 29.0. The van der Waals surface area contributed by atoms with Gasteiger partial charge in [0.05, 0.1) is 23.2 Å². The number of ether oxygens (including phenoxy) is 1. The molecule has 0 aliphatic heterocycles. The molecule has 38 heavy (non-hydrogen) atoms. The lowest BCUT2D eigenvalue weighted by Crippen LogP contribution is -2.22. The fourth-order valence-corrected chi connectivity index (χ4v) is 4.33. The molecule has 4 aromatic carbocycles. The maximum absolute atomic E-state index is 13.3. The molecule has 8 heteroatoms. The molecule has 0 aliphatic carbocycles. The normalized spacial score (nSPS) is 10.9. The highest BCUT2D eigenvalue weighted by Crippen LogP contribution is 2.35. The molecule has 0 heterocycles. The van der Waals surface area contributed by atoms with E-state index < -0.39 is 11.8 Å². The van der Waals surface area contributed by atoms with Gasteiger partial charge in [-0.1, -0.05) is 60.7 Å². The van der Waals surface area contributed by atoms with Crippen LogP contribution in [0.4, 0.5) is 5.69 Å². The zero-order valence-corrected chi connectivity index (χ0v) is 22.2. The van der Waals surface area contributed by atoms with Crippen molar-refractivity contribution in [3.8, 4) is 11.5 Å². The average molecular weight is 572 g/mol. The Morgan fingerprint density at radius 2 is 1.55 bits per heavy atom. The van der Waals surface area contributed by atoms with Gasteiger partial charge in [0.2, 0.25) is 5.91 Å². The first kappa shape index (κ1) is 26.6. The van der Waals surface area contributed by atoms with Crippen molar-refractivity contribution in [3.63, 3.8) is 0 Å². The number of halogens is 1. The molecule has 3 N–H and O–H groups in total. The summed E-state index contributed by atoms with van der Waals surface area (Å²) in [5, 5.41) is 17.0. The SMILES string of the molecule is CCOc1cc(C=NNC(=O)c2ccc(NC(=O)C(c3ccccc3)c3ccccc3)cc2)cc(Br)c1O. The zero-order chi connectivity index (χ0) is 26.9. The molecule has 0 saturated carbocycles. The average Bonchev–Trinajstić information content (AvgIpc) is 2.93. The Kier molecular flexibility index (Phi) is 8.89. The number of phenolic OH excluding ortho intramolecular Hbond substituents is 1. The number of amides is 2. The lowest BCUT2D eigenvalue weighted by Gasteiger charge is -2.18. The van der Waals surface area contributed by atoms with Crippen LogP contribution in [0.25, 0.3) is 0 Å². The number of hydrogen-bond acceptors (Lipinski definition) is 5. The largest absolute Gasteiger partial charge is 0.503 e. The van der Waals surface area contributed by atoms with Crippen LogP contribution in [0.3, 0.4) is 0 Å². The molecule has 0 unspecified atom stereocenters. The van der Waals surface area contributed by atoms with Gasteiger partial charge in [0, 0.05) is 11.3 Å². The number of aromatic hydroxyl groups is 1. The van der Waals surface area contributed by atoms with Crippen molar-refractivity contribution in [2.45, 2.75) is 12.8 Å². The molecule has 0 bridgehead atoms. The summed E-state index contributed by atoms with van der Waals surface area (Å²) in [5.74, 6) is -0.741. The fourth-order valence-electron chi connectivity index (χ4n) is 3.87. The van der Waals surface area contributed by atoms with Gasteiger partial charge in [0.15, 0.2) is 11.5 Å². The van der Waals surface area contributed by atoms with Crippen LogP contribution >= 0.6 is 15.9 Å². The number of anilines is 1. The predicted molar refractivity (Wildman–Crippen MR) is 152 cm³/mol. The number of carbonyl (C=O) groups is 2. The number of nitrogens with zero attached hydrogens (tertiary/aromatic N) is 1. The Hall–Kier alpha value is -4.43. The van der Waals surface area contributed by atoms with Crippen LogP contribution in [0.1, 0.15) is 39.9 Å². The van der Waals surface area contributed by atoms with E-state index in [2.05, 4.69) is 31.8 Å². The molecular formula is C30H26BrN3O4. The van der Waals surface area contributed by atoms with Gasteiger partial charge in [0.1, 0.15) is 0 Å². The van der Waals surface area contributed by atoms with Crippen LogP contribution < -0.4 is 15.5 Å². The summed E-state index contributed by atoms with van der Waals surface area (Å²) in [6.07, 6.45) is 1.45. The highest BCUT2D eigenvalue weighted by Gasteiger charge is 2.22. The van der Waals surface area contributed by atoms with E-state index in [9.17, 15) is 14.7 Å². The molecule has 0 atom stereocenters. The molecular weight excluding hydrogens is 546 g/mol. The van der Waals surface area contributed by atoms with Crippen molar-refractivity contribution in [2.75, 3.05) is 11.9 Å². The van der Waals surface area contributed by atoms with Crippen LogP contribution in [0, 0.1) is 0 Å². The third-order valence-electron chi connectivity index (χ3n) is 5.67. The van der Waals surface area contributed by atoms with Gasteiger partial charge in [-0.05, 0) is 75.9 Å². The van der Waals surface area contributed by atoms with Gasteiger partial charge in [-0.15, -0.1) is 0 Å². The van der Waals surface area contributed by atoms with E-state index in [-0.39, 0.29) is 11.7 Å². The topological polar surface area (TPSA) is 100 Å². The standard InChI is InChI=1S/C30H26BrN3O4/c1-2-38-26-18-20(17-25(31)28(26)35)19-32-34-29(36)23-13-15-24(16-14-23)33-30(37)27(21-9-5-3-6-10-21)22-11-7-4-8-12-22/h3-19,27,35H,2H2,1H3,(H,33,37)(H,34,36). The minimum Gasteiger partial charge on any atom is -0.503 e. The molecule has 0 aromatic heterocycles. The molecule has 0 radical (unpaired) electrons. The minimum absolute atomic E-state index is 0.000857. The number of hydrazone groups is 1. The van der Waals surface area contributed by atoms with E-state index in [0.717, 1.165) is 11.1 Å². The molecule has 2 amide bonds. The highest BCUT2D eigenvalue weighted by atomic mass is 79.9. The second kappa shape index (κ2) is 12.7. The van der Waals surface area contributed by atoms with Crippen molar-refractivity contribution in [1.29, 1.82) is 0 Å². The summed E-state index contributed by atoms with van der Waals surface area (Å²) in [7, 11) is 0. The Morgan fingerprint density at radius 1 is 0.947 bits per heavy atom. The predicted octanol–water partition coefficient (Wildman–Crippen LogP) is 6.09. The molecule has 0 fully saturated rings.